The van der Waals surface area contributed by atoms with Gasteiger partial charge in [-0.05, 0) is 36.4 Å². The molecule has 0 saturated heterocycles. The molecule has 0 aliphatic rings. The number of anilines is 2. The number of nitrogens with two attached hydrogens (primary N) is 1. The minimum atomic E-state index is -0.151. The summed E-state index contributed by atoms with van der Waals surface area (Å²) in [5.74, 6) is -0.151. The number of benzene rings is 2. The minimum absolute atomic E-state index is 0.151. The molecule has 0 aliphatic carbocycles. The Labute approximate surface area is 140 Å². The van der Waals surface area contributed by atoms with E-state index in [1.807, 2.05) is 41.8 Å². The molecule has 1 aromatic heterocycles. The van der Waals surface area contributed by atoms with Gasteiger partial charge >= 0.3 is 0 Å². The van der Waals surface area contributed by atoms with E-state index in [1.165, 1.54) is 11.3 Å². The monoisotopic (exact) mass is 373 g/mol. The van der Waals surface area contributed by atoms with E-state index in [-0.39, 0.29) is 5.91 Å². The van der Waals surface area contributed by atoms with Crippen LogP contribution in [0.3, 0.4) is 0 Å². The zero-order valence-corrected chi connectivity index (χ0v) is 13.8. The van der Waals surface area contributed by atoms with Gasteiger partial charge in [-0.25, -0.2) is 4.98 Å². The first-order chi connectivity index (χ1) is 10.6. The molecule has 0 radical (unpaired) electrons. The van der Waals surface area contributed by atoms with Gasteiger partial charge in [-0.2, -0.15) is 0 Å². The topological polar surface area (TPSA) is 68.0 Å². The van der Waals surface area contributed by atoms with Gasteiger partial charge in [0.1, 0.15) is 0 Å². The van der Waals surface area contributed by atoms with Gasteiger partial charge in [-0.1, -0.05) is 28.1 Å². The highest BCUT2D eigenvalue weighted by Crippen LogP contribution is 2.25. The zero-order chi connectivity index (χ0) is 15.5. The third-order valence-corrected chi connectivity index (χ3v) is 4.25. The summed E-state index contributed by atoms with van der Waals surface area (Å²) in [7, 11) is 0. The molecule has 1 heterocycles. The van der Waals surface area contributed by atoms with E-state index in [1.54, 1.807) is 12.1 Å². The summed E-state index contributed by atoms with van der Waals surface area (Å²) in [5, 5.41) is 5.31. The molecule has 0 aliphatic heterocycles. The normalized spacial score (nSPS) is 10.4. The van der Waals surface area contributed by atoms with E-state index in [0.717, 1.165) is 21.4 Å². The highest BCUT2D eigenvalue weighted by Gasteiger charge is 2.08. The molecule has 0 fully saturated rings. The number of amides is 1. The molecule has 3 rings (SSSR count). The van der Waals surface area contributed by atoms with E-state index in [0.29, 0.717) is 10.7 Å². The quantitative estimate of drug-likeness (QED) is 0.714. The molecule has 110 valence electrons. The van der Waals surface area contributed by atoms with Gasteiger partial charge in [0.05, 0.1) is 5.69 Å². The number of nitrogens with one attached hydrogen (secondary N) is 1. The van der Waals surface area contributed by atoms with Gasteiger partial charge < -0.3 is 11.1 Å². The van der Waals surface area contributed by atoms with Crippen LogP contribution in [0.2, 0.25) is 0 Å². The molecule has 4 nitrogen and oxygen atoms in total. The maximum Gasteiger partial charge on any atom is 0.255 e. The molecule has 3 N–H and O–H groups in total. The maximum absolute atomic E-state index is 12.2. The maximum atomic E-state index is 12.2. The van der Waals surface area contributed by atoms with Crippen molar-refractivity contribution in [2.75, 3.05) is 11.1 Å². The summed E-state index contributed by atoms with van der Waals surface area (Å²) >= 11 is 4.74. The smallest absolute Gasteiger partial charge is 0.255 e. The molecular weight excluding hydrogens is 362 g/mol. The van der Waals surface area contributed by atoms with E-state index in [2.05, 4.69) is 26.2 Å². The predicted octanol–water partition coefficient (Wildman–Crippen LogP) is 4.41. The molecule has 0 bridgehead atoms. The van der Waals surface area contributed by atoms with Gasteiger partial charge in [0.15, 0.2) is 5.13 Å². The Kier molecular flexibility index (Phi) is 4.22. The van der Waals surface area contributed by atoms with Crippen LogP contribution in [0.1, 0.15) is 10.4 Å². The van der Waals surface area contributed by atoms with Gasteiger partial charge in [-0.15, -0.1) is 11.3 Å². The lowest BCUT2D eigenvalue weighted by atomic mass is 10.1. The molecule has 0 atom stereocenters. The van der Waals surface area contributed by atoms with Crippen LogP contribution in [0, 0.1) is 0 Å². The summed E-state index contributed by atoms with van der Waals surface area (Å²) < 4.78 is 0.937. The van der Waals surface area contributed by atoms with E-state index in [4.69, 9.17) is 5.73 Å². The number of thiazole rings is 1. The van der Waals surface area contributed by atoms with Crippen LogP contribution in [0.5, 0.6) is 0 Å². The van der Waals surface area contributed by atoms with Crippen molar-refractivity contribution < 1.29 is 4.79 Å². The molecule has 22 heavy (non-hydrogen) atoms. The second kappa shape index (κ2) is 6.29. The van der Waals surface area contributed by atoms with Crippen LogP contribution in [0.4, 0.5) is 10.8 Å². The Morgan fingerprint density at radius 1 is 1.18 bits per heavy atom. The number of halogens is 1. The van der Waals surface area contributed by atoms with E-state index < -0.39 is 0 Å². The fourth-order valence-electron chi connectivity index (χ4n) is 1.98. The molecular formula is C16H12BrN3OS. The average Bonchev–Trinajstić information content (AvgIpc) is 2.95. The van der Waals surface area contributed by atoms with E-state index >= 15 is 0 Å². The molecule has 1 amide bonds. The predicted molar refractivity (Wildman–Crippen MR) is 94.1 cm³/mol. The molecule has 3 aromatic rings. The molecule has 0 unspecified atom stereocenters. The van der Waals surface area contributed by atoms with Gasteiger partial charge in [0.2, 0.25) is 0 Å². The van der Waals surface area contributed by atoms with Crippen molar-refractivity contribution in [1.29, 1.82) is 0 Å². The van der Waals surface area contributed by atoms with Crippen molar-refractivity contribution >= 4 is 44.0 Å². The second-order valence-corrected chi connectivity index (χ2v) is 6.42. The first-order valence-corrected chi connectivity index (χ1v) is 8.17. The van der Waals surface area contributed by atoms with Crippen molar-refractivity contribution in [1.82, 2.24) is 4.98 Å². The lowest BCUT2D eigenvalue weighted by molar-refractivity contribution is 0.102. The third kappa shape index (κ3) is 3.35. The number of aromatic nitrogens is 1. The average molecular weight is 374 g/mol. The van der Waals surface area contributed by atoms with Crippen LogP contribution in [0.15, 0.2) is 58.4 Å². The SMILES string of the molecule is Nc1nc(-c2cccc(NC(=O)c3ccc(Br)cc3)c2)cs1. The summed E-state index contributed by atoms with van der Waals surface area (Å²) in [4.78, 5) is 16.5. The summed E-state index contributed by atoms with van der Waals surface area (Å²) in [5.41, 5.74) is 8.71. The Bertz CT molecular complexity index is 814. The Morgan fingerprint density at radius 2 is 1.95 bits per heavy atom. The molecule has 0 spiro atoms. The zero-order valence-electron chi connectivity index (χ0n) is 11.4. The van der Waals surface area contributed by atoms with Crippen molar-refractivity contribution in [2.24, 2.45) is 0 Å². The Morgan fingerprint density at radius 3 is 2.64 bits per heavy atom. The lowest BCUT2D eigenvalue weighted by Crippen LogP contribution is -2.11. The number of carbonyl (C=O) groups is 1. The number of nitrogen functional groups attached to an aromatic ring is 1. The Hall–Kier alpha value is -2.18. The first-order valence-electron chi connectivity index (χ1n) is 6.50. The number of hydrogen-bond donors (Lipinski definition) is 2. The lowest BCUT2D eigenvalue weighted by Gasteiger charge is -2.07. The minimum Gasteiger partial charge on any atom is -0.375 e. The number of nitrogens with zero attached hydrogens (tertiary/aromatic N) is 1. The van der Waals surface area contributed by atoms with Crippen LogP contribution in [0.25, 0.3) is 11.3 Å². The van der Waals surface area contributed by atoms with Crippen molar-refractivity contribution in [3.8, 4) is 11.3 Å². The van der Waals surface area contributed by atoms with Crippen LogP contribution in [-0.4, -0.2) is 10.9 Å². The fourth-order valence-corrected chi connectivity index (χ4v) is 2.82. The summed E-state index contributed by atoms with van der Waals surface area (Å²) in [6, 6.07) is 14.7. The number of hydrogen-bond acceptors (Lipinski definition) is 4. The van der Waals surface area contributed by atoms with Crippen molar-refractivity contribution in [3.05, 3.63) is 63.9 Å². The number of rotatable bonds is 3. The molecule has 6 heteroatoms. The van der Waals surface area contributed by atoms with Crippen LogP contribution in [-0.2, 0) is 0 Å². The van der Waals surface area contributed by atoms with Gasteiger partial charge in [0.25, 0.3) is 5.91 Å². The third-order valence-electron chi connectivity index (χ3n) is 3.04. The summed E-state index contributed by atoms with van der Waals surface area (Å²) in [6.07, 6.45) is 0. The highest BCUT2D eigenvalue weighted by molar-refractivity contribution is 9.10. The second-order valence-electron chi connectivity index (χ2n) is 4.61. The number of carbonyl (C=O) groups excluding carboxylic acids is 1. The van der Waals surface area contributed by atoms with Crippen molar-refractivity contribution in [3.63, 3.8) is 0 Å². The fraction of sp³-hybridized carbons (Fsp3) is 0. The first kappa shape index (κ1) is 14.7. The van der Waals surface area contributed by atoms with E-state index in [9.17, 15) is 4.79 Å². The largest absolute Gasteiger partial charge is 0.375 e. The van der Waals surface area contributed by atoms with Crippen LogP contribution >= 0.6 is 27.3 Å². The van der Waals surface area contributed by atoms with Crippen LogP contribution < -0.4 is 11.1 Å². The van der Waals surface area contributed by atoms with Gasteiger partial charge in [-0.3, -0.25) is 4.79 Å². The highest BCUT2D eigenvalue weighted by atomic mass is 79.9. The van der Waals surface area contributed by atoms with Crippen molar-refractivity contribution in [2.45, 2.75) is 0 Å². The van der Waals surface area contributed by atoms with Gasteiger partial charge in [0, 0.05) is 26.7 Å². The standard InChI is InChI=1S/C16H12BrN3OS/c17-12-6-4-10(5-7-12)15(21)19-13-3-1-2-11(8-13)14-9-22-16(18)20-14/h1-9H,(H2,18,20)(H,19,21). The molecule has 2 aromatic carbocycles. The summed E-state index contributed by atoms with van der Waals surface area (Å²) in [6.45, 7) is 0. The Balaban J connectivity index is 1.81. The molecule has 0 saturated carbocycles.